The molecule has 78 valence electrons. The van der Waals surface area contributed by atoms with Crippen molar-refractivity contribution in [3.63, 3.8) is 0 Å². The first-order valence-electron chi connectivity index (χ1n) is 4.36. The predicted molar refractivity (Wildman–Crippen MR) is 60.3 cm³/mol. The van der Waals surface area contributed by atoms with Crippen molar-refractivity contribution in [3.05, 3.63) is 12.2 Å². The van der Waals surface area contributed by atoms with Crippen molar-refractivity contribution in [3.8, 4) is 0 Å². The van der Waals surface area contributed by atoms with Crippen molar-refractivity contribution in [2.24, 2.45) is 0 Å². The van der Waals surface area contributed by atoms with Crippen LogP contribution in [-0.2, 0) is 9.59 Å². The van der Waals surface area contributed by atoms with Crippen LogP contribution in [0.3, 0.4) is 0 Å². The van der Waals surface area contributed by atoms with Gasteiger partial charge in [-0.1, -0.05) is 12.2 Å². The molecule has 0 aliphatic rings. The average Bonchev–Trinajstić information content (AvgIpc) is 2.12. The maximum absolute atomic E-state index is 11.1. The van der Waals surface area contributed by atoms with E-state index in [1.54, 1.807) is 0 Å². The molecule has 0 saturated heterocycles. The number of thiol groups is 1. The number of carboxylic acid groups (broad SMARTS) is 1. The molecular weight excluding hydrogens is 201 g/mol. The standard InChI is InChI=1S/C8H14BNO3S/c9-7(8(12)13)10-6(11)4-2-1-3-5-14/h1,3,7,14H,2,4-5,9H2,(H,10,11)(H,12,13)/b3-1+/t7-/m0/s1. The van der Waals surface area contributed by atoms with Gasteiger partial charge in [0, 0.05) is 12.2 Å². The molecule has 0 saturated carbocycles. The SMILES string of the molecule is B[C@@H](NC(=O)CC/C=C/CS)C(=O)O. The minimum atomic E-state index is -1.02. The Morgan fingerprint density at radius 1 is 1.50 bits per heavy atom. The van der Waals surface area contributed by atoms with Gasteiger partial charge in [-0.05, 0) is 6.42 Å². The minimum Gasteiger partial charge on any atom is -0.480 e. The van der Waals surface area contributed by atoms with E-state index in [4.69, 9.17) is 5.11 Å². The number of amides is 1. The molecule has 4 nitrogen and oxygen atoms in total. The largest absolute Gasteiger partial charge is 0.480 e. The molecule has 2 N–H and O–H groups in total. The molecule has 0 aromatic heterocycles. The second-order valence-corrected chi connectivity index (χ2v) is 3.19. The fourth-order valence-electron chi connectivity index (χ4n) is 0.782. The molecule has 6 heteroatoms. The molecule has 1 amide bonds. The van der Waals surface area contributed by atoms with E-state index in [2.05, 4.69) is 17.9 Å². The molecule has 14 heavy (non-hydrogen) atoms. The van der Waals surface area contributed by atoms with Crippen LogP contribution in [0.15, 0.2) is 12.2 Å². The van der Waals surface area contributed by atoms with E-state index in [9.17, 15) is 9.59 Å². The smallest absolute Gasteiger partial charge is 0.317 e. The summed E-state index contributed by atoms with van der Waals surface area (Å²) in [5.74, 6) is -1.45. The molecule has 0 fully saturated rings. The number of nitrogens with one attached hydrogen (secondary N) is 1. The molecule has 0 spiro atoms. The first-order chi connectivity index (χ1) is 6.57. The molecular formula is C8H14BNO3S. The summed E-state index contributed by atoms with van der Waals surface area (Å²) in [5, 5.41) is 10.9. The van der Waals surface area contributed by atoms with Gasteiger partial charge >= 0.3 is 5.97 Å². The van der Waals surface area contributed by atoms with Gasteiger partial charge in [-0.3, -0.25) is 9.59 Å². The van der Waals surface area contributed by atoms with E-state index in [-0.39, 0.29) is 5.91 Å². The van der Waals surface area contributed by atoms with Crippen LogP contribution in [0.1, 0.15) is 12.8 Å². The molecule has 0 radical (unpaired) electrons. The Hall–Kier alpha value is -0.905. The van der Waals surface area contributed by atoms with Crippen molar-refractivity contribution < 1.29 is 14.7 Å². The number of carbonyl (C=O) groups excluding carboxylic acids is 1. The zero-order valence-corrected chi connectivity index (χ0v) is 8.96. The molecule has 0 aliphatic heterocycles. The molecule has 0 aliphatic carbocycles. The van der Waals surface area contributed by atoms with E-state index in [0.717, 1.165) is 0 Å². The predicted octanol–water partition coefficient (Wildman–Crippen LogP) is -0.587. The number of aliphatic carboxylic acids is 1. The summed E-state index contributed by atoms with van der Waals surface area (Å²) in [7, 11) is 1.43. The number of carboxylic acids is 1. The van der Waals surface area contributed by atoms with E-state index in [0.29, 0.717) is 18.6 Å². The lowest BCUT2D eigenvalue weighted by Gasteiger charge is -2.07. The van der Waals surface area contributed by atoms with Gasteiger partial charge < -0.3 is 10.4 Å². The van der Waals surface area contributed by atoms with Gasteiger partial charge in [-0.25, -0.2) is 0 Å². The lowest BCUT2D eigenvalue weighted by Crippen LogP contribution is -2.40. The lowest BCUT2D eigenvalue weighted by atomic mass is 9.97. The van der Waals surface area contributed by atoms with Crippen LogP contribution < -0.4 is 5.32 Å². The van der Waals surface area contributed by atoms with E-state index < -0.39 is 11.9 Å². The van der Waals surface area contributed by atoms with Crippen molar-refractivity contribution in [1.82, 2.24) is 5.32 Å². The Bertz CT molecular complexity index is 233. The monoisotopic (exact) mass is 215 g/mol. The Morgan fingerprint density at radius 2 is 2.14 bits per heavy atom. The Kier molecular flexibility index (Phi) is 7.01. The van der Waals surface area contributed by atoms with Gasteiger partial charge in [0.2, 0.25) is 5.91 Å². The molecule has 0 unspecified atom stereocenters. The highest BCUT2D eigenvalue weighted by Gasteiger charge is 2.12. The Morgan fingerprint density at radius 3 is 2.64 bits per heavy atom. The zero-order valence-electron chi connectivity index (χ0n) is 8.06. The summed E-state index contributed by atoms with van der Waals surface area (Å²) in [6.07, 6.45) is 4.61. The quantitative estimate of drug-likeness (QED) is 0.315. The van der Waals surface area contributed by atoms with Gasteiger partial charge in [-0.15, -0.1) is 0 Å². The maximum atomic E-state index is 11.1. The van der Waals surface area contributed by atoms with Crippen LogP contribution in [0.25, 0.3) is 0 Å². The third-order valence-electron chi connectivity index (χ3n) is 1.56. The normalized spacial score (nSPS) is 12.6. The highest BCUT2D eigenvalue weighted by molar-refractivity contribution is 7.80. The van der Waals surface area contributed by atoms with Gasteiger partial charge in [0.1, 0.15) is 7.85 Å². The average molecular weight is 215 g/mol. The summed E-state index contributed by atoms with van der Waals surface area (Å²) in [4.78, 5) is 21.5. The summed E-state index contributed by atoms with van der Waals surface area (Å²) >= 11 is 3.96. The molecule has 0 aromatic carbocycles. The van der Waals surface area contributed by atoms with Crippen LogP contribution in [0.5, 0.6) is 0 Å². The second kappa shape index (κ2) is 7.49. The zero-order chi connectivity index (χ0) is 11.0. The second-order valence-electron chi connectivity index (χ2n) is 2.82. The third-order valence-corrected chi connectivity index (χ3v) is 1.77. The minimum absolute atomic E-state index is 0.247. The summed E-state index contributed by atoms with van der Waals surface area (Å²) in [6.45, 7) is 0. The van der Waals surface area contributed by atoms with Crippen molar-refractivity contribution in [2.45, 2.75) is 18.8 Å². The van der Waals surface area contributed by atoms with E-state index in [1.165, 1.54) is 7.85 Å². The molecule has 0 bridgehead atoms. The number of carbonyl (C=O) groups is 2. The maximum Gasteiger partial charge on any atom is 0.317 e. The topological polar surface area (TPSA) is 66.4 Å². The van der Waals surface area contributed by atoms with Crippen LogP contribution in [-0.4, -0.2) is 36.5 Å². The van der Waals surface area contributed by atoms with Gasteiger partial charge in [0.15, 0.2) is 0 Å². The van der Waals surface area contributed by atoms with Crippen LogP contribution >= 0.6 is 12.6 Å². The Balaban J connectivity index is 3.65. The van der Waals surface area contributed by atoms with E-state index in [1.807, 2.05) is 12.2 Å². The fourth-order valence-corrected chi connectivity index (χ4v) is 0.931. The van der Waals surface area contributed by atoms with Gasteiger partial charge in [0.05, 0.1) is 5.94 Å². The summed E-state index contributed by atoms with van der Waals surface area (Å²) in [5.41, 5.74) is 0. The van der Waals surface area contributed by atoms with E-state index >= 15 is 0 Å². The highest BCUT2D eigenvalue weighted by atomic mass is 32.1. The summed E-state index contributed by atoms with van der Waals surface area (Å²) in [6, 6.07) is 0. The lowest BCUT2D eigenvalue weighted by molar-refractivity contribution is -0.139. The molecule has 0 aromatic rings. The Labute approximate surface area is 89.6 Å². The van der Waals surface area contributed by atoms with Crippen molar-refractivity contribution in [2.75, 3.05) is 5.75 Å². The molecule has 0 heterocycles. The van der Waals surface area contributed by atoms with Crippen molar-refractivity contribution in [1.29, 1.82) is 0 Å². The first kappa shape index (κ1) is 13.1. The first-order valence-corrected chi connectivity index (χ1v) is 4.99. The molecule has 0 rings (SSSR count). The number of hydrogen-bond acceptors (Lipinski definition) is 3. The highest BCUT2D eigenvalue weighted by Crippen LogP contribution is 1.92. The number of allylic oxidation sites excluding steroid dienone is 1. The van der Waals surface area contributed by atoms with Crippen molar-refractivity contribution >= 4 is 32.4 Å². The van der Waals surface area contributed by atoms with Crippen LogP contribution in [0.4, 0.5) is 0 Å². The van der Waals surface area contributed by atoms with Gasteiger partial charge in [-0.2, -0.15) is 12.6 Å². The molecule has 1 atom stereocenters. The number of rotatable bonds is 6. The van der Waals surface area contributed by atoms with Crippen LogP contribution in [0.2, 0.25) is 0 Å². The third kappa shape index (κ3) is 6.59. The summed E-state index contributed by atoms with van der Waals surface area (Å²) < 4.78 is 0. The fraction of sp³-hybridized carbons (Fsp3) is 0.500. The number of hydrogen-bond donors (Lipinski definition) is 3. The van der Waals surface area contributed by atoms with Crippen LogP contribution in [0, 0.1) is 0 Å². The van der Waals surface area contributed by atoms with Gasteiger partial charge in [0.25, 0.3) is 0 Å².